The number of nitrogens with zero attached hydrogens (tertiary/aromatic N) is 1. The third-order valence-electron chi connectivity index (χ3n) is 3.96. The molecule has 111 valence electrons. The fraction of sp³-hybridized carbons (Fsp3) is 0.444. The van der Waals surface area contributed by atoms with E-state index in [0.717, 1.165) is 67.2 Å². The van der Waals surface area contributed by atoms with Crippen LogP contribution in [0.25, 0.3) is 10.9 Å². The lowest BCUT2D eigenvalue weighted by Gasteiger charge is -2.22. The normalized spacial score (nSPS) is 13.7. The van der Waals surface area contributed by atoms with Crippen LogP contribution in [-0.4, -0.2) is 18.2 Å². The van der Waals surface area contributed by atoms with Crippen LogP contribution in [0.5, 0.6) is 5.75 Å². The van der Waals surface area contributed by atoms with Crippen molar-refractivity contribution in [2.75, 3.05) is 13.2 Å². The maximum absolute atomic E-state index is 5.99. The van der Waals surface area contributed by atoms with Crippen LogP contribution in [0.4, 0.5) is 0 Å². The molecule has 3 rings (SSSR count). The van der Waals surface area contributed by atoms with Gasteiger partial charge in [-0.15, -0.1) is 0 Å². The van der Waals surface area contributed by atoms with Crippen molar-refractivity contribution in [3.05, 3.63) is 41.6 Å². The number of rotatable bonds is 6. The van der Waals surface area contributed by atoms with Gasteiger partial charge in [0.15, 0.2) is 0 Å². The van der Waals surface area contributed by atoms with E-state index < -0.39 is 0 Å². The van der Waals surface area contributed by atoms with E-state index >= 15 is 0 Å². The molecule has 1 aliphatic heterocycles. The van der Waals surface area contributed by atoms with Crippen LogP contribution in [0.15, 0.2) is 24.4 Å². The first-order valence-electron chi connectivity index (χ1n) is 7.87. The molecule has 1 aromatic carbocycles. The molecule has 3 heteroatoms. The van der Waals surface area contributed by atoms with Crippen LogP contribution in [0.2, 0.25) is 0 Å². The summed E-state index contributed by atoms with van der Waals surface area (Å²) in [7, 11) is 0. The van der Waals surface area contributed by atoms with Crippen molar-refractivity contribution in [2.45, 2.75) is 39.5 Å². The Morgan fingerprint density at radius 2 is 2.19 bits per heavy atom. The molecule has 0 aliphatic carbocycles. The van der Waals surface area contributed by atoms with E-state index in [1.807, 2.05) is 6.20 Å². The molecule has 2 heterocycles. The fourth-order valence-electron chi connectivity index (χ4n) is 2.84. The quantitative estimate of drug-likeness (QED) is 0.742. The minimum atomic E-state index is 0.753. The Labute approximate surface area is 126 Å². The van der Waals surface area contributed by atoms with Crippen molar-refractivity contribution in [3.63, 3.8) is 0 Å². The molecular weight excluding hydrogens is 262 g/mol. The van der Waals surface area contributed by atoms with E-state index in [9.17, 15) is 0 Å². The smallest absolute Gasteiger partial charge is 0.129 e. The Hall–Kier alpha value is -1.61. The summed E-state index contributed by atoms with van der Waals surface area (Å²) in [6.07, 6.45) is 6.99. The van der Waals surface area contributed by atoms with E-state index in [2.05, 4.69) is 37.0 Å². The molecule has 0 bridgehead atoms. The number of aromatic nitrogens is 1. The van der Waals surface area contributed by atoms with Crippen molar-refractivity contribution >= 4 is 10.9 Å². The molecule has 0 atom stereocenters. The van der Waals surface area contributed by atoms with Gasteiger partial charge in [-0.3, -0.25) is 4.98 Å². The number of benzene rings is 1. The van der Waals surface area contributed by atoms with E-state index in [-0.39, 0.29) is 0 Å². The van der Waals surface area contributed by atoms with Crippen LogP contribution < -0.4 is 4.74 Å². The van der Waals surface area contributed by atoms with Gasteiger partial charge in [-0.05, 0) is 30.5 Å². The number of hydrogen-bond donors (Lipinski definition) is 0. The summed E-state index contributed by atoms with van der Waals surface area (Å²) < 4.78 is 11.8. The lowest BCUT2D eigenvalue weighted by atomic mass is 9.97. The second-order valence-corrected chi connectivity index (χ2v) is 5.38. The van der Waals surface area contributed by atoms with Gasteiger partial charge >= 0.3 is 0 Å². The number of hydrogen-bond acceptors (Lipinski definition) is 3. The van der Waals surface area contributed by atoms with Gasteiger partial charge in [0.2, 0.25) is 0 Å². The highest BCUT2D eigenvalue weighted by Gasteiger charge is 2.21. The lowest BCUT2D eigenvalue weighted by molar-refractivity contribution is 0.152. The predicted molar refractivity (Wildman–Crippen MR) is 84.4 cm³/mol. The first-order valence-corrected chi connectivity index (χ1v) is 7.87. The van der Waals surface area contributed by atoms with Crippen LogP contribution in [0.1, 0.15) is 44.2 Å². The number of unbranched alkanes of at least 4 members (excludes halogenated alkanes) is 1. The monoisotopic (exact) mass is 284 g/mol. The number of ether oxygens (including phenoxy) is 2. The van der Waals surface area contributed by atoms with E-state index in [4.69, 9.17) is 9.47 Å². The topological polar surface area (TPSA) is 31.4 Å². The molecule has 2 aromatic rings. The Kier molecular flexibility index (Phi) is 4.39. The number of pyridine rings is 1. The zero-order chi connectivity index (χ0) is 14.7. The van der Waals surface area contributed by atoms with Crippen molar-refractivity contribution < 1.29 is 9.47 Å². The van der Waals surface area contributed by atoms with Gasteiger partial charge in [0.1, 0.15) is 11.9 Å². The zero-order valence-corrected chi connectivity index (χ0v) is 12.8. The molecule has 1 aliphatic rings. The molecule has 21 heavy (non-hydrogen) atoms. The first-order chi connectivity index (χ1) is 10.3. The Morgan fingerprint density at radius 1 is 1.29 bits per heavy atom. The second-order valence-electron chi connectivity index (χ2n) is 5.38. The summed E-state index contributed by atoms with van der Waals surface area (Å²) >= 11 is 0. The summed E-state index contributed by atoms with van der Waals surface area (Å²) in [6.45, 7) is 5.84. The van der Waals surface area contributed by atoms with Gasteiger partial charge in [0.25, 0.3) is 0 Å². The molecule has 0 saturated heterocycles. The molecule has 3 nitrogen and oxygen atoms in total. The van der Waals surface area contributed by atoms with Gasteiger partial charge in [0, 0.05) is 30.2 Å². The van der Waals surface area contributed by atoms with Gasteiger partial charge in [0.05, 0.1) is 12.1 Å². The molecule has 0 fully saturated rings. The maximum atomic E-state index is 5.99. The highest BCUT2D eigenvalue weighted by molar-refractivity contribution is 5.92. The van der Waals surface area contributed by atoms with Crippen LogP contribution in [-0.2, 0) is 11.2 Å². The molecular formula is C18H22NO2. The SMILES string of the molecule is CCCCO[C](CC)c1ccc2c3c(ccnc13)CCO2. The Morgan fingerprint density at radius 3 is 3.00 bits per heavy atom. The van der Waals surface area contributed by atoms with Crippen molar-refractivity contribution in [1.29, 1.82) is 0 Å². The third kappa shape index (κ3) is 2.75. The highest BCUT2D eigenvalue weighted by atomic mass is 16.5. The predicted octanol–water partition coefficient (Wildman–Crippen LogP) is 4.28. The van der Waals surface area contributed by atoms with Crippen molar-refractivity contribution in [3.8, 4) is 5.75 Å². The summed E-state index contributed by atoms with van der Waals surface area (Å²) in [5.41, 5.74) is 3.45. The van der Waals surface area contributed by atoms with Gasteiger partial charge in [-0.1, -0.05) is 26.3 Å². The fourth-order valence-corrected chi connectivity index (χ4v) is 2.84. The van der Waals surface area contributed by atoms with Crippen LogP contribution >= 0.6 is 0 Å². The van der Waals surface area contributed by atoms with Gasteiger partial charge < -0.3 is 9.47 Å². The minimum absolute atomic E-state index is 0.753. The van der Waals surface area contributed by atoms with Gasteiger partial charge in [-0.25, -0.2) is 0 Å². The highest BCUT2D eigenvalue weighted by Crippen LogP contribution is 2.36. The van der Waals surface area contributed by atoms with E-state index in [1.165, 1.54) is 5.56 Å². The average molecular weight is 284 g/mol. The lowest BCUT2D eigenvalue weighted by Crippen LogP contribution is -2.12. The largest absolute Gasteiger partial charge is 0.493 e. The molecule has 0 spiro atoms. The zero-order valence-electron chi connectivity index (χ0n) is 12.8. The molecule has 1 radical (unpaired) electrons. The van der Waals surface area contributed by atoms with Crippen LogP contribution in [0, 0.1) is 6.10 Å². The Balaban J connectivity index is 2.01. The average Bonchev–Trinajstić information content (AvgIpc) is 2.53. The molecule has 0 N–H and O–H groups in total. The standard InChI is InChI=1S/C18H22NO2/c1-3-5-11-20-15(4-2)14-6-7-16-17-13(9-12-21-16)8-10-19-18(14)17/h6-8,10H,3-5,9,11-12H2,1-2H3. The maximum Gasteiger partial charge on any atom is 0.129 e. The second kappa shape index (κ2) is 6.44. The third-order valence-corrected chi connectivity index (χ3v) is 3.96. The van der Waals surface area contributed by atoms with Gasteiger partial charge in [-0.2, -0.15) is 0 Å². The molecule has 0 unspecified atom stereocenters. The Bertz CT molecular complexity index is 614. The van der Waals surface area contributed by atoms with E-state index in [1.54, 1.807) is 0 Å². The molecule has 0 amide bonds. The van der Waals surface area contributed by atoms with E-state index in [0.29, 0.717) is 0 Å². The first kappa shape index (κ1) is 14.3. The summed E-state index contributed by atoms with van der Waals surface area (Å²) in [5, 5.41) is 1.16. The summed E-state index contributed by atoms with van der Waals surface area (Å²) in [4.78, 5) is 4.60. The van der Waals surface area contributed by atoms with Crippen molar-refractivity contribution in [1.82, 2.24) is 4.98 Å². The molecule has 0 saturated carbocycles. The molecule has 1 aromatic heterocycles. The van der Waals surface area contributed by atoms with Crippen LogP contribution in [0.3, 0.4) is 0 Å². The van der Waals surface area contributed by atoms with Crippen molar-refractivity contribution in [2.24, 2.45) is 0 Å². The minimum Gasteiger partial charge on any atom is -0.493 e. The summed E-state index contributed by atoms with van der Waals surface area (Å²) in [5.74, 6) is 0.951. The summed E-state index contributed by atoms with van der Waals surface area (Å²) in [6, 6.07) is 6.24.